The first-order valence-corrected chi connectivity index (χ1v) is 6.71. The molecule has 1 heterocycles. The Morgan fingerprint density at radius 2 is 2.06 bits per heavy atom. The molecule has 0 aliphatic rings. The summed E-state index contributed by atoms with van der Waals surface area (Å²) in [7, 11) is 0. The fourth-order valence-electron chi connectivity index (χ4n) is 1.90. The standard InChI is InChI=1S/C13H26N4/c1-5-7-8-9-13(3,4)11-14-12-10-15-16-17(12)6-2/h10,14H,5-9,11H2,1-4H3. The summed E-state index contributed by atoms with van der Waals surface area (Å²) in [5.74, 6) is 1.02. The van der Waals surface area contributed by atoms with Crippen molar-refractivity contribution in [3.63, 3.8) is 0 Å². The zero-order valence-electron chi connectivity index (χ0n) is 11.7. The molecule has 0 fully saturated rings. The van der Waals surface area contributed by atoms with E-state index >= 15 is 0 Å². The number of nitrogens with zero attached hydrogens (tertiary/aromatic N) is 3. The minimum atomic E-state index is 0.331. The minimum absolute atomic E-state index is 0.331. The Hall–Kier alpha value is -1.06. The van der Waals surface area contributed by atoms with Crippen molar-refractivity contribution in [3.8, 4) is 0 Å². The van der Waals surface area contributed by atoms with Crippen LogP contribution < -0.4 is 5.32 Å². The third kappa shape index (κ3) is 4.75. The first-order valence-electron chi connectivity index (χ1n) is 6.71. The topological polar surface area (TPSA) is 42.7 Å². The number of hydrogen-bond acceptors (Lipinski definition) is 3. The maximum atomic E-state index is 4.01. The number of anilines is 1. The van der Waals surface area contributed by atoms with Crippen LogP contribution in [0.15, 0.2) is 6.20 Å². The van der Waals surface area contributed by atoms with Gasteiger partial charge < -0.3 is 5.32 Å². The van der Waals surface area contributed by atoms with Gasteiger partial charge in [-0.05, 0) is 18.8 Å². The maximum absolute atomic E-state index is 4.01. The highest BCUT2D eigenvalue weighted by molar-refractivity contribution is 5.31. The lowest BCUT2D eigenvalue weighted by atomic mass is 9.87. The van der Waals surface area contributed by atoms with Crippen molar-refractivity contribution in [1.29, 1.82) is 0 Å². The summed E-state index contributed by atoms with van der Waals surface area (Å²) in [4.78, 5) is 0. The molecule has 0 spiro atoms. The van der Waals surface area contributed by atoms with Crippen LogP contribution in [0.3, 0.4) is 0 Å². The van der Waals surface area contributed by atoms with Gasteiger partial charge in [0, 0.05) is 13.1 Å². The van der Waals surface area contributed by atoms with E-state index in [1.807, 2.05) is 4.68 Å². The van der Waals surface area contributed by atoms with Crippen molar-refractivity contribution in [2.75, 3.05) is 11.9 Å². The molecule has 4 nitrogen and oxygen atoms in total. The lowest BCUT2D eigenvalue weighted by Gasteiger charge is -2.25. The van der Waals surface area contributed by atoms with Crippen LogP contribution in [0.25, 0.3) is 0 Å². The molecular formula is C13H26N4. The van der Waals surface area contributed by atoms with Gasteiger partial charge in [0.25, 0.3) is 0 Å². The van der Waals surface area contributed by atoms with Crippen molar-refractivity contribution in [1.82, 2.24) is 15.0 Å². The van der Waals surface area contributed by atoms with Gasteiger partial charge in [-0.25, -0.2) is 4.68 Å². The second kappa shape index (κ2) is 6.62. The predicted molar refractivity (Wildman–Crippen MR) is 72.1 cm³/mol. The second-order valence-corrected chi connectivity index (χ2v) is 5.41. The van der Waals surface area contributed by atoms with Gasteiger partial charge in [-0.2, -0.15) is 0 Å². The van der Waals surface area contributed by atoms with Crippen LogP contribution in [-0.2, 0) is 6.54 Å². The zero-order chi connectivity index (χ0) is 12.7. The smallest absolute Gasteiger partial charge is 0.144 e. The van der Waals surface area contributed by atoms with E-state index in [2.05, 4.69) is 43.3 Å². The lowest BCUT2D eigenvalue weighted by Crippen LogP contribution is -2.24. The number of nitrogens with one attached hydrogen (secondary N) is 1. The molecule has 4 heteroatoms. The van der Waals surface area contributed by atoms with Crippen molar-refractivity contribution in [2.24, 2.45) is 5.41 Å². The van der Waals surface area contributed by atoms with Gasteiger partial charge in [-0.1, -0.05) is 45.2 Å². The summed E-state index contributed by atoms with van der Waals surface area (Å²) in [5, 5.41) is 11.4. The number of hydrogen-bond donors (Lipinski definition) is 1. The van der Waals surface area contributed by atoms with Gasteiger partial charge in [0.2, 0.25) is 0 Å². The molecule has 0 bridgehead atoms. The van der Waals surface area contributed by atoms with E-state index in [1.54, 1.807) is 6.20 Å². The molecule has 1 aromatic rings. The van der Waals surface area contributed by atoms with Crippen molar-refractivity contribution < 1.29 is 0 Å². The second-order valence-electron chi connectivity index (χ2n) is 5.41. The van der Waals surface area contributed by atoms with Crippen LogP contribution in [0.4, 0.5) is 5.82 Å². The highest BCUT2D eigenvalue weighted by Crippen LogP contribution is 2.24. The summed E-state index contributed by atoms with van der Waals surface area (Å²) >= 11 is 0. The molecule has 1 N–H and O–H groups in total. The summed E-state index contributed by atoms with van der Waals surface area (Å²) in [6.07, 6.45) is 7.00. The molecule has 98 valence electrons. The van der Waals surface area contributed by atoms with Crippen LogP contribution in [0.5, 0.6) is 0 Å². The highest BCUT2D eigenvalue weighted by Gasteiger charge is 2.17. The summed E-state index contributed by atoms with van der Waals surface area (Å²) in [5.41, 5.74) is 0.331. The normalized spacial score (nSPS) is 11.8. The van der Waals surface area contributed by atoms with Gasteiger partial charge in [-0.3, -0.25) is 0 Å². The van der Waals surface area contributed by atoms with Gasteiger partial charge in [-0.15, -0.1) is 5.10 Å². The molecule has 0 unspecified atom stereocenters. The lowest BCUT2D eigenvalue weighted by molar-refractivity contribution is 0.341. The molecule has 1 aromatic heterocycles. The van der Waals surface area contributed by atoms with E-state index in [-0.39, 0.29) is 0 Å². The summed E-state index contributed by atoms with van der Waals surface area (Å²) in [6.45, 7) is 10.8. The van der Waals surface area contributed by atoms with Crippen molar-refractivity contribution in [3.05, 3.63) is 6.20 Å². The first-order chi connectivity index (χ1) is 8.09. The average molecular weight is 238 g/mol. The van der Waals surface area contributed by atoms with Crippen LogP contribution >= 0.6 is 0 Å². The van der Waals surface area contributed by atoms with Crippen LogP contribution in [-0.4, -0.2) is 21.5 Å². The van der Waals surface area contributed by atoms with Crippen molar-refractivity contribution >= 4 is 5.82 Å². The molecule has 0 aromatic carbocycles. The molecule has 0 atom stereocenters. The summed E-state index contributed by atoms with van der Waals surface area (Å²) < 4.78 is 1.89. The fourth-order valence-corrected chi connectivity index (χ4v) is 1.90. The number of unbranched alkanes of at least 4 members (excludes halogenated alkanes) is 2. The zero-order valence-corrected chi connectivity index (χ0v) is 11.7. The van der Waals surface area contributed by atoms with E-state index < -0.39 is 0 Å². The minimum Gasteiger partial charge on any atom is -0.368 e. The third-order valence-corrected chi connectivity index (χ3v) is 3.12. The third-order valence-electron chi connectivity index (χ3n) is 3.12. The van der Waals surface area contributed by atoms with E-state index in [1.165, 1.54) is 25.7 Å². The SMILES string of the molecule is CCCCCC(C)(C)CNc1cnnn1CC. The monoisotopic (exact) mass is 238 g/mol. The van der Waals surface area contributed by atoms with Gasteiger partial charge in [0.1, 0.15) is 5.82 Å². The Morgan fingerprint density at radius 3 is 2.71 bits per heavy atom. The predicted octanol–water partition coefficient (Wildman–Crippen LogP) is 3.32. The average Bonchev–Trinajstić information content (AvgIpc) is 2.74. The number of aromatic nitrogens is 3. The van der Waals surface area contributed by atoms with Gasteiger partial charge in [0.15, 0.2) is 0 Å². The molecule has 17 heavy (non-hydrogen) atoms. The Kier molecular flexibility index (Phi) is 5.45. The molecule has 0 radical (unpaired) electrons. The number of aryl methyl sites for hydroxylation is 1. The van der Waals surface area contributed by atoms with Crippen LogP contribution in [0, 0.1) is 5.41 Å². The molecule has 0 aliphatic carbocycles. The molecule has 0 saturated carbocycles. The molecule has 0 amide bonds. The largest absolute Gasteiger partial charge is 0.368 e. The van der Waals surface area contributed by atoms with Crippen LogP contribution in [0.1, 0.15) is 53.4 Å². The molecule has 1 rings (SSSR count). The van der Waals surface area contributed by atoms with Gasteiger partial charge >= 0.3 is 0 Å². The Morgan fingerprint density at radius 1 is 1.29 bits per heavy atom. The molecule has 0 aliphatic heterocycles. The summed E-state index contributed by atoms with van der Waals surface area (Å²) in [6, 6.07) is 0. The Labute approximate surface area is 105 Å². The molecule has 0 saturated heterocycles. The van der Waals surface area contributed by atoms with Gasteiger partial charge in [0.05, 0.1) is 6.20 Å². The van der Waals surface area contributed by atoms with E-state index in [4.69, 9.17) is 0 Å². The number of rotatable bonds is 8. The first kappa shape index (κ1) is 14.0. The van der Waals surface area contributed by atoms with E-state index in [9.17, 15) is 0 Å². The van der Waals surface area contributed by atoms with E-state index in [0.717, 1.165) is 18.9 Å². The Balaban J connectivity index is 2.38. The van der Waals surface area contributed by atoms with E-state index in [0.29, 0.717) is 5.41 Å². The van der Waals surface area contributed by atoms with Crippen LogP contribution in [0.2, 0.25) is 0 Å². The van der Waals surface area contributed by atoms with Crippen molar-refractivity contribution in [2.45, 2.75) is 59.9 Å². The maximum Gasteiger partial charge on any atom is 0.144 e. The fraction of sp³-hybridized carbons (Fsp3) is 0.846. The quantitative estimate of drug-likeness (QED) is 0.706. The highest BCUT2D eigenvalue weighted by atomic mass is 15.4. The Bertz CT molecular complexity index is 317. The molecular weight excluding hydrogens is 212 g/mol.